The summed E-state index contributed by atoms with van der Waals surface area (Å²) in [5.74, 6) is -2.61. The van der Waals surface area contributed by atoms with E-state index in [0.29, 0.717) is 5.56 Å². The van der Waals surface area contributed by atoms with Crippen molar-refractivity contribution in [2.45, 2.75) is 26.5 Å². The van der Waals surface area contributed by atoms with Crippen molar-refractivity contribution in [1.82, 2.24) is 4.90 Å². The fourth-order valence-electron chi connectivity index (χ4n) is 3.18. The van der Waals surface area contributed by atoms with Gasteiger partial charge in [-0.2, -0.15) is 0 Å². The summed E-state index contributed by atoms with van der Waals surface area (Å²) in [7, 11) is 1.35. The molecule has 2 aromatic rings. The third kappa shape index (κ3) is 3.47. The molecule has 0 aliphatic carbocycles. The van der Waals surface area contributed by atoms with E-state index in [0.717, 1.165) is 4.90 Å². The first kappa shape index (κ1) is 19.5. The van der Waals surface area contributed by atoms with E-state index in [1.165, 1.54) is 19.2 Å². The Hall–Kier alpha value is -3.22. The van der Waals surface area contributed by atoms with Crippen molar-refractivity contribution in [3.63, 3.8) is 0 Å². The predicted octanol–water partition coefficient (Wildman–Crippen LogP) is 3.20. The number of nitrogens with zero attached hydrogens (tertiary/aromatic N) is 1. The van der Waals surface area contributed by atoms with Crippen LogP contribution in [0.4, 0.5) is 4.39 Å². The number of hydrogen-bond donors (Lipinski definition) is 0. The minimum absolute atomic E-state index is 0.0844. The largest absolute Gasteiger partial charge is 0.494 e. The van der Waals surface area contributed by atoms with Gasteiger partial charge in [-0.05, 0) is 35.7 Å². The Labute approximate surface area is 161 Å². The molecule has 0 bridgehead atoms. The van der Waals surface area contributed by atoms with Crippen LogP contribution in [0.25, 0.3) is 0 Å². The minimum Gasteiger partial charge on any atom is -0.494 e. The zero-order chi connectivity index (χ0) is 20.4. The van der Waals surface area contributed by atoms with Crippen LogP contribution in [-0.2, 0) is 16.1 Å². The second kappa shape index (κ2) is 7.80. The topological polar surface area (TPSA) is 72.9 Å². The summed E-state index contributed by atoms with van der Waals surface area (Å²) in [6.07, 6.45) is 0. The fraction of sp³-hybridized carbons (Fsp3) is 0.286. The first-order valence-corrected chi connectivity index (χ1v) is 8.81. The van der Waals surface area contributed by atoms with Gasteiger partial charge in [-0.25, -0.2) is 9.18 Å². The monoisotopic (exact) mass is 385 g/mol. The van der Waals surface area contributed by atoms with E-state index in [1.807, 2.05) is 0 Å². The lowest BCUT2D eigenvalue weighted by Gasteiger charge is -2.27. The zero-order valence-electron chi connectivity index (χ0n) is 15.8. The van der Waals surface area contributed by atoms with Gasteiger partial charge in [0.25, 0.3) is 11.8 Å². The number of halogens is 1. The maximum atomic E-state index is 13.8. The number of methoxy groups -OCH3 is 1. The Morgan fingerprint density at radius 1 is 1.07 bits per heavy atom. The fourth-order valence-corrected chi connectivity index (χ4v) is 3.18. The third-order valence-electron chi connectivity index (χ3n) is 4.57. The van der Waals surface area contributed by atoms with Gasteiger partial charge >= 0.3 is 5.97 Å². The van der Waals surface area contributed by atoms with E-state index < -0.39 is 29.6 Å². The average Bonchev–Trinajstić information content (AvgIpc) is 2.92. The number of hydrogen-bond acceptors (Lipinski definition) is 5. The molecule has 1 heterocycles. The summed E-state index contributed by atoms with van der Waals surface area (Å²) >= 11 is 0. The summed E-state index contributed by atoms with van der Waals surface area (Å²) in [6.45, 7) is 3.26. The maximum absolute atomic E-state index is 13.8. The lowest BCUT2D eigenvalue weighted by molar-refractivity contribution is -0.151. The summed E-state index contributed by atoms with van der Waals surface area (Å²) in [6, 6.07) is 9.57. The number of rotatable bonds is 6. The Morgan fingerprint density at radius 2 is 1.68 bits per heavy atom. The number of fused-ring (bicyclic) bond motifs is 1. The van der Waals surface area contributed by atoms with Gasteiger partial charge in [0.05, 0.1) is 18.2 Å². The quantitative estimate of drug-likeness (QED) is 0.564. The minimum atomic E-state index is -1.07. The lowest BCUT2D eigenvalue weighted by Crippen LogP contribution is -2.48. The number of esters is 1. The molecule has 6 nitrogen and oxygen atoms in total. The third-order valence-corrected chi connectivity index (χ3v) is 4.57. The molecule has 0 aromatic heterocycles. The standard InChI is InChI=1S/C21H20FNO5/c1-12(2)18(23-19(24)14-6-4-5-7-15(14)20(23)25)21(26)28-11-13-8-9-17(27-3)16(22)10-13/h4-10,12,18H,11H2,1-3H3. The highest BCUT2D eigenvalue weighted by Gasteiger charge is 2.44. The van der Waals surface area contributed by atoms with Crippen LogP contribution in [0.3, 0.4) is 0 Å². The molecule has 2 aromatic carbocycles. The molecule has 1 aliphatic heterocycles. The molecule has 1 aliphatic rings. The maximum Gasteiger partial charge on any atom is 0.329 e. The first-order chi connectivity index (χ1) is 13.3. The van der Waals surface area contributed by atoms with Crippen molar-refractivity contribution in [1.29, 1.82) is 0 Å². The van der Waals surface area contributed by atoms with Crippen molar-refractivity contribution in [2.24, 2.45) is 5.92 Å². The van der Waals surface area contributed by atoms with Crippen molar-refractivity contribution in [3.8, 4) is 5.75 Å². The number of benzene rings is 2. The Balaban J connectivity index is 1.78. The molecule has 28 heavy (non-hydrogen) atoms. The number of amides is 2. The highest BCUT2D eigenvalue weighted by molar-refractivity contribution is 6.22. The van der Waals surface area contributed by atoms with Gasteiger partial charge < -0.3 is 9.47 Å². The second-order valence-electron chi connectivity index (χ2n) is 6.79. The summed E-state index contributed by atoms with van der Waals surface area (Å²) in [4.78, 5) is 39.0. The van der Waals surface area contributed by atoms with Crippen molar-refractivity contribution >= 4 is 17.8 Å². The van der Waals surface area contributed by atoms with E-state index in [-0.39, 0.29) is 29.4 Å². The summed E-state index contributed by atoms with van der Waals surface area (Å²) in [5, 5.41) is 0. The number of imide groups is 1. The number of ether oxygens (including phenoxy) is 2. The molecule has 0 spiro atoms. The van der Waals surface area contributed by atoms with Crippen LogP contribution in [0.5, 0.6) is 5.75 Å². The Bertz CT molecular complexity index is 905. The zero-order valence-corrected chi connectivity index (χ0v) is 15.8. The molecule has 0 radical (unpaired) electrons. The molecule has 0 N–H and O–H groups in total. The Morgan fingerprint density at radius 3 is 2.18 bits per heavy atom. The van der Waals surface area contributed by atoms with Gasteiger partial charge in [0.1, 0.15) is 12.6 Å². The van der Waals surface area contributed by atoms with Crippen LogP contribution in [0, 0.1) is 11.7 Å². The molecule has 0 saturated carbocycles. The predicted molar refractivity (Wildman–Crippen MR) is 98.3 cm³/mol. The van der Waals surface area contributed by atoms with Gasteiger partial charge in [0.2, 0.25) is 0 Å². The highest BCUT2D eigenvalue weighted by Crippen LogP contribution is 2.28. The second-order valence-corrected chi connectivity index (χ2v) is 6.79. The molecule has 7 heteroatoms. The molecular weight excluding hydrogens is 365 g/mol. The average molecular weight is 385 g/mol. The highest BCUT2D eigenvalue weighted by atomic mass is 19.1. The van der Waals surface area contributed by atoms with Crippen LogP contribution in [0.1, 0.15) is 40.1 Å². The van der Waals surface area contributed by atoms with Crippen molar-refractivity contribution < 1.29 is 28.2 Å². The van der Waals surface area contributed by atoms with E-state index in [9.17, 15) is 18.8 Å². The van der Waals surface area contributed by atoms with Gasteiger partial charge in [-0.1, -0.05) is 32.0 Å². The summed E-state index contributed by atoms with van der Waals surface area (Å²) in [5.41, 5.74) is 0.961. The van der Waals surface area contributed by atoms with Crippen LogP contribution in [0.2, 0.25) is 0 Å². The first-order valence-electron chi connectivity index (χ1n) is 8.81. The van der Waals surface area contributed by atoms with E-state index in [4.69, 9.17) is 9.47 Å². The molecule has 146 valence electrons. The lowest BCUT2D eigenvalue weighted by atomic mass is 10.0. The SMILES string of the molecule is COc1ccc(COC(=O)C(C(C)C)N2C(=O)c3ccccc3C2=O)cc1F. The van der Waals surface area contributed by atoms with Crippen LogP contribution in [0.15, 0.2) is 42.5 Å². The Kier molecular flexibility index (Phi) is 5.44. The van der Waals surface area contributed by atoms with E-state index in [1.54, 1.807) is 44.2 Å². The molecule has 1 unspecified atom stereocenters. The van der Waals surface area contributed by atoms with E-state index in [2.05, 4.69) is 0 Å². The molecule has 3 rings (SSSR count). The molecule has 0 saturated heterocycles. The normalized spacial score (nSPS) is 14.2. The van der Waals surface area contributed by atoms with E-state index >= 15 is 0 Å². The van der Waals surface area contributed by atoms with Gasteiger partial charge in [0, 0.05) is 0 Å². The van der Waals surface area contributed by atoms with Crippen molar-refractivity contribution in [3.05, 3.63) is 65.0 Å². The molecule has 1 atom stereocenters. The summed E-state index contributed by atoms with van der Waals surface area (Å²) < 4.78 is 23.9. The van der Waals surface area contributed by atoms with Crippen LogP contribution < -0.4 is 4.74 Å². The van der Waals surface area contributed by atoms with Crippen molar-refractivity contribution in [2.75, 3.05) is 7.11 Å². The van der Waals surface area contributed by atoms with Crippen LogP contribution in [-0.4, -0.2) is 35.8 Å². The van der Waals surface area contributed by atoms with Gasteiger partial charge in [-0.3, -0.25) is 14.5 Å². The van der Waals surface area contributed by atoms with Gasteiger partial charge in [0.15, 0.2) is 11.6 Å². The number of carbonyl (C=O) groups excluding carboxylic acids is 3. The molecular formula is C21H20FNO5. The molecule has 0 fully saturated rings. The number of carbonyl (C=O) groups is 3. The molecule has 2 amide bonds. The smallest absolute Gasteiger partial charge is 0.329 e. The van der Waals surface area contributed by atoms with Crippen LogP contribution >= 0.6 is 0 Å². The van der Waals surface area contributed by atoms with Gasteiger partial charge in [-0.15, -0.1) is 0 Å².